The zero-order valence-corrected chi connectivity index (χ0v) is 40.2. The van der Waals surface area contributed by atoms with E-state index in [0.717, 1.165) is 16.7 Å². The zero-order chi connectivity index (χ0) is 51.9. The Morgan fingerprint density at radius 3 is 1.69 bits per heavy atom. The van der Waals surface area contributed by atoms with Crippen molar-refractivity contribution < 1.29 is 47.4 Å². The molecule has 2 aromatic heterocycles. The number of benzene rings is 4. The Kier molecular flexibility index (Phi) is 21.6. The fraction of sp³-hybridized carbons (Fsp3) is 0.222. The number of rotatable bonds is 18. The molecule has 7 rings (SSSR count). The van der Waals surface area contributed by atoms with Gasteiger partial charge in [0, 0.05) is 31.4 Å². The second kappa shape index (κ2) is 28.0. The molecule has 0 aliphatic carbocycles. The van der Waals surface area contributed by atoms with Crippen LogP contribution in [0.15, 0.2) is 163 Å². The topological polar surface area (TPSA) is 250 Å². The average Bonchev–Trinajstić information content (AvgIpc) is 4.11. The van der Waals surface area contributed by atoms with Crippen LogP contribution >= 0.6 is 0 Å². The van der Waals surface area contributed by atoms with Crippen molar-refractivity contribution in [1.29, 1.82) is 0 Å². The number of hydrogen-bond donors (Lipinski definition) is 4. The number of primary amides is 2. The van der Waals surface area contributed by atoms with Gasteiger partial charge in [0.1, 0.15) is 23.5 Å². The number of nitrogens with two attached hydrogens (primary N) is 2. The van der Waals surface area contributed by atoms with E-state index in [1.807, 2.05) is 112 Å². The van der Waals surface area contributed by atoms with Gasteiger partial charge in [0.15, 0.2) is 17.4 Å². The molecule has 17 nitrogen and oxygen atoms in total. The molecule has 6 N–H and O–H groups in total. The zero-order valence-electron chi connectivity index (χ0n) is 40.2. The van der Waals surface area contributed by atoms with Crippen LogP contribution in [0.4, 0.5) is 0 Å². The summed E-state index contributed by atoms with van der Waals surface area (Å²) in [7, 11) is 0. The normalized spacial score (nSPS) is 12.1. The Bertz CT molecular complexity index is 2770. The van der Waals surface area contributed by atoms with Crippen LogP contribution in [0.2, 0.25) is 0 Å². The summed E-state index contributed by atoms with van der Waals surface area (Å²) >= 11 is 0. The van der Waals surface area contributed by atoms with Gasteiger partial charge in [0.25, 0.3) is 23.6 Å². The highest BCUT2D eigenvalue weighted by Gasteiger charge is 2.30. The van der Waals surface area contributed by atoms with E-state index < -0.39 is 47.3 Å². The lowest BCUT2D eigenvalue weighted by molar-refractivity contribution is -0.137. The summed E-state index contributed by atoms with van der Waals surface area (Å²) in [5.74, 6) is -3.63. The quantitative estimate of drug-likeness (QED) is 0.0524. The lowest BCUT2D eigenvalue weighted by atomic mass is 10.0. The lowest BCUT2D eigenvalue weighted by Gasteiger charge is -2.17. The molecule has 1 aliphatic heterocycles. The number of Topliss-reactive ketones (excluding diaryl/α,β-unsaturated/α-hetero) is 2. The van der Waals surface area contributed by atoms with Crippen molar-refractivity contribution in [3.8, 4) is 16.9 Å². The van der Waals surface area contributed by atoms with Gasteiger partial charge in [-0.3, -0.25) is 28.8 Å². The van der Waals surface area contributed by atoms with Crippen molar-refractivity contribution in [1.82, 2.24) is 25.4 Å². The maximum atomic E-state index is 13.1. The van der Waals surface area contributed by atoms with Gasteiger partial charge in [0.2, 0.25) is 24.1 Å². The Balaban J connectivity index is 0.000000259. The molecule has 0 spiro atoms. The van der Waals surface area contributed by atoms with Crippen LogP contribution < -0.4 is 22.1 Å². The van der Waals surface area contributed by atoms with Gasteiger partial charge in [-0.2, -0.15) is 5.10 Å². The molecular weight excluding hydrogens is 907 g/mol. The predicted octanol–water partition coefficient (Wildman–Crippen LogP) is 6.62. The van der Waals surface area contributed by atoms with Crippen LogP contribution in [0.5, 0.6) is 0 Å². The molecule has 1 aliphatic rings. The first kappa shape index (κ1) is 54.9. The number of allylic oxidation sites excluding steroid dienone is 1. The second-order valence-electron chi connectivity index (χ2n) is 15.4. The van der Waals surface area contributed by atoms with Crippen molar-refractivity contribution in [2.75, 3.05) is 13.4 Å². The van der Waals surface area contributed by atoms with E-state index in [4.69, 9.17) is 30.1 Å². The van der Waals surface area contributed by atoms with E-state index in [-0.39, 0.29) is 31.1 Å². The van der Waals surface area contributed by atoms with Crippen molar-refractivity contribution in [2.45, 2.75) is 65.6 Å². The summed E-state index contributed by atoms with van der Waals surface area (Å²) in [6, 6.07) is 34.2. The molecule has 2 unspecified atom stereocenters. The van der Waals surface area contributed by atoms with Crippen molar-refractivity contribution in [3.63, 3.8) is 0 Å². The van der Waals surface area contributed by atoms with E-state index in [9.17, 15) is 28.8 Å². The summed E-state index contributed by atoms with van der Waals surface area (Å²) in [6.45, 7) is 19.1. The number of carbonyl (C=O) groups is 6. The van der Waals surface area contributed by atoms with E-state index in [0.29, 0.717) is 59.7 Å². The molecule has 0 radical (unpaired) electrons. The monoisotopic (exact) mass is 965 g/mol. The van der Waals surface area contributed by atoms with Crippen molar-refractivity contribution in [3.05, 3.63) is 198 Å². The number of ketones is 2. The van der Waals surface area contributed by atoms with Gasteiger partial charge in [-0.05, 0) is 55.7 Å². The van der Waals surface area contributed by atoms with Crippen LogP contribution in [0.25, 0.3) is 16.9 Å². The third-order valence-corrected chi connectivity index (χ3v) is 9.99. The minimum atomic E-state index is -1.11. The second-order valence-corrected chi connectivity index (χ2v) is 15.4. The molecule has 1 saturated heterocycles. The van der Waals surface area contributed by atoms with Gasteiger partial charge < -0.3 is 40.7 Å². The van der Waals surface area contributed by atoms with Crippen LogP contribution in [-0.4, -0.2) is 75.4 Å². The van der Waals surface area contributed by atoms with E-state index in [1.54, 1.807) is 43.3 Å². The Labute approximate surface area is 412 Å². The van der Waals surface area contributed by atoms with E-state index >= 15 is 0 Å². The average molecular weight is 966 g/mol. The molecule has 3 heterocycles. The molecule has 0 saturated carbocycles. The maximum absolute atomic E-state index is 13.1. The predicted molar refractivity (Wildman–Crippen MR) is 267 cm³/mol. The first-order valence-electron chi connectivity index (χ1n) is 22.5. The van der Waals surface area contributed by atoms with Crippen LogP contribution in [0.1, 0.15) is 70.1 Å². The number of amides is 4. The molecule has 370 valence electrons. The molecule has 4 amide bonds. The molecule has 4 aromatic carbocycles. The molecule has 0 bridgehead atoms. The third-order valence-electron chi connectivity index (χ3n) is 9.99. The number of hydrogen-bond acceptors (Lipinski definition) is 12. The van der Waals surface area contributed by atoms with Crippen molar-refractivity contribution >= 4 is 35.2 Å². The maximum Gasteiger partial charge on any atom is 0.290 e. The fourth-order valence-electron chi connectivity index (χ4n) is 6.57. The number of nitrogens with one attached hydrogen (secondary N) is 2. The van der Waals surface area contributed by atoms with Crippen molar-refractivity contribution in [2.24, 2.45) is 11.5 Å². The largest absolute Gasteiger partial charge is 0.454 e. The van der Waals surface area contributed by atoms with Gasteiger partial charge in [-0.25, -0.2) is 9.67 Å². The van der Waals surface area contributed by atoms with Gasteiger partial charge >= 0.3 is 0 Å². The highest BCUT2D eigenvalue weighted by molar-refractivity contribution is 6.38. The van der Waals surface area contributed by atoms with Gasteiger partial charge in [-0.15, -0.1) is 6.58 Å². The van der Waals surface area contributed by atoms with Crippen LogP contribution in [0.3, 0.4) is 0 Å². The first-order valence-corrected chi connectivity index (χ1v) is 22.5. The Hall–Kier alpha value is -8.70. The molecule has 17 heteroatoms. The highest BCUT2D eigenvalue weighted by Crippen LogP contribution is 2.25. The number of aromatic nitrogens is 3. The number of aryl methyl sites for hydroxylation is 2. The van der Waals surface area contributed by atoms with Gasteiger partial charge in [-0.1, -0.05) is 129 Å². The summed E-state index contributed by atoms with van der Waals surface area (Å²) in [5, 5.41) is 9.68. The Morgan fingerprint density at radius 2 is 1.23 bits per heavy atom. The van der Waals surface area contributed by atoms with Crippen LogP contribution in [-0.2, 0) is 59.3 Å². The summed E-state index contributed by atoms with van der Waals surface area (Å²) in [6.07, 6.45) is 2.52. The standard InChI is InChI=1S/C24H26N4O4.C22H21N3O4.C5H6O2.C3H6/c1-3-32-15-18-10-7-11-19(13-18)28-21(12-16(2)27-28)24(31)26-20(22(29)23(25)30)14-17-8-5-4-6-9-17;1-2-17-25-18(15-11-7-4-8-12-15)20(29-17)22(28)24-16(19(26)21(23)27)13-14-9-5-3-6-10-14;1-4-5(2)7-3-6-4;1-3-2/h4-13,20H,3,14-15H2,1-2H3,(H2,25,30)(H,26,31);3-12,16H,2,13H2,1H3,(H2,23,27)(H,24,28);1-3H2;3H,1H2,2H3. The Morgan fingerprint density at radius 1 is 0.732 bits per heavy atom. The third kappa shape index (κ3) is 16.8. The molecule has 2 atom stereocenters. The molecule has 6 aromatic rings. The van der Waals surface area contributed by atoms with E-state index in [2.05, 4.69) is 40.5 Å². The molecule has 1 fully saturated rings. The summed E-state index contributed by atoms with van der Waals surface area (Å²) < 4.78 is 22.1. The summed E-state index contributed by atoms with van der Waals surface area (Å²) in [4.78, 5) is 78.2. The molecule has 71 heavy (non-hydrogen) atoms. The van der Waals surface area contributed by atoms with Gasteiger partial charge in [0.05, 0.1) is 18.0 Å². The number of nitrogens with zero attached hydrogens (tertiary/aromatic N) is 3. The minimum absolute atomic E-state index is 0.0108. The smallest absolute Gasteiger partial charge is 0.290 e. The number of oxazole rings is 1. The SMILES string of the molecule is C=C1OCOC1=C.C=CC.CCOCc1cccc(-n2nc(C)cc2C(=O)NC(Cc2ccccc2)C(=O)C(N)=O)c1.CCc1nc(-c2ccccc2)c(C(=O)NC(Cc2ccccc2)C(=O)C(N)=O)o1. The minimum Gasteiger partial charge on any atom is -0.454 e. The van der Waals surface area contributed by atoms with E-state index in [1.165, 1.54) is 4.68 Å². The van der Waals surface area contributed by atoms with Crippen LogP contribution in [0, 0.1) is 6.92 Å². The highest BCUT2D eigenvalue weighted by atomic mass is 16.7. The lowest BCUT2D eigenvalue weighted by Crippen LogP contribution is -2.47. The molecular formula is C54H59N7O10. The first-order chi connectivity index (χ1) is 34.1. The number of ether oxygens (including phenoxy) is 3. The summed E-state index contributed by atoms with van der Waals surface area (Å²) in [5.41, 5.74) is 15.5. The number of carbonyl (C=O) groups excluding carboxylic acids is 6. The fourth-order valence-corrected chi connectivity index (χ4v) is 6.57.